The van der Waals surface area contributed by atoms with Crippen LogP contribution >= 0.6 is 11.8 Å². The molecule has 0 saturated carbocycles. The second kappa shape index (κ2) is 7.96. The van der Waals surface area contributed by atoms with E-state index in [1.807, 2.05) is 17.7 Å². The van der Waals surface area contributed by atoms with Crippen molar-refractivity contribution in [1.29, 1.82) is 0 Å². The van der Waals surface area contributed by atoms with Crippen LogP contribution in [0.1, 0.15) is 35.1 Å². The van der Waals surface area contributed by atoms with Crippen LogP contribution in [-0.4, -0.2) is 33.6 Å². The summed E-state index contributed by atoms with van der Waals surface area (Å²) in [7, 11) is 3.45. The number of ether oxygens (including phenoxy) is 1. The van der Waals surface area contributed by atoms with Crippen LogP contribution in [0.3, 0.4) is 0 Å². The molecule has 1 heterocycles. The predicted molar refractivity (Wildman–Crippen MR) is 91.1 cm³/mol. The Balaban J connectivity index is 2.12. The molecule has 0 unspecified atom stereocenters. The average molecular weight is 348 g/mol. The number of nitrogens with zero attached hydrogens (tertiary/aromatic N) is 3. The van der Waals surface area contributed by atoms with Crippen molar-refractivity contribution in [2.75, 3.05) is 7.11 Å². The van der Waals surface area contributed by atoms with Crippen molar-refractivity contribution >= 4 is 23.5 Å². The number of methoxy groups -OCH3 is 1. The molecule has 0 saturated heterocycles. The minimum absolute atomic E-state index is 0.0105. The van der Waals surface area contributed by atoms with Crippen LogP contribution in [0.4, 0.5) is 0 Å². The highest BCUT2D eigenvalue weighted by Gasteiger charge is 2.13. The lowest BCUT2D eigenvalue weighted by Crippen LogP contribution is -2.12. The van der Waals surface area contributed by atoms with Crippen LogP contribution in [0.15, 0.2) is 23.4 Å². The molecule has 0 atom stereocenters. The number of ketones is 1. The van der Waals surface area contributed by atoms with Crippen molar-refractivity contribution in [3.8, 4) is 5.75 Å². The van der Waals surface area contributed by atoms with Crippen molar-refractivity contribution in [2.45, 2.75) is 30.7 Å². The Hall–Kier alpha value is -2.35. The van der Waals surface area contributed by atoms with Crippen LogP contribution < -0.4 is 10.5 Å². The Labute approximate surface area is 144 Å². The lowest BCUT2D eigenvalue weighted by molar-refractivity contribution is -0.118. The van der Waals surface area contributed by atoms with E-state index in [-0.39, 0.29) is 18.1 Å². The monoisotopic (exact) mass is 348 g/mol. The summed E-state index contributed by atoms with van der Waals surface area (Å²) in [5.74, 6) is 1.67. The van der Waals surface area contributed by atoms with Crippen LogP contribution in [0.25, 0.3) is 0 Å². The number of aryl methyl sites for hydroxylation is 1. The first-order valence-electron chi connectivity index (χ1n) is 7.39. The van der Waals surface area contributed by atoms with E-state index in [2.05, 4.69) is 10.2 Å². The van der Waals surface area contributed by atoms with Gasteiger partial charge in [0.1, 0.15) is 11.6 Å². The topological polar surface area (TPSA) is 100 Å². The molecule has 0 bridgehead atoms. The quantitative estimate of drug-likeness (QED) is 0.576. The molecule has 1 aromatic carbocycles. The lowest BCUT2D eigenvalue weighted by Gasteiger charge is -2.09. The minimum Gasteiger partial charge on any atom is -0.496 e. The van der Waals surface area contributed by atoms with Crippen LogP contribution in [-0.2, 0) is 24.0 Å². The van der Waals surface area contributed by atoms with E-state index >= 15 is 0 Å². The Kier molecular flexibility index (Phi) is 5.97. The number of hydrogen-bond acceptors (Lipinski definition) is 6. The van der Waals surface area contributed by atoms with E-state index in [0.717, 1.165) is 16.5 Å². The molecule has 0 aliphatic rings. The summed E-state index contributed by atoms with van der Waals surface area (Å²) in [6, 6.07) is 5.37. The van der Waals surface area contributed by atoms with Gasteiger partial charge in [-0.05, 0) is 25.1 Å². The van der Waals surface area contributed by atoms with Gasteiger partial charge in [-0.3, -0.25) is 9.59 Å². The first-order chi connectivity index (χ1) is 11.4. The fourth-order valence-corrected chi connectivity index (χ4v) is 3.08. The molecule has 7 nitrogen and oxygen atoms in total. The third-order valence-corrected chi connectivity index (χ3v) is 4.63. The molecule has 2 rings (SSSR count). The maximum Gasteiger partial charge on any atom is 0.217 e. The molecule has 2 N–H and O–H groups in total. The number of carbonyl (C=O) groups is 2. The predicted octanol–water partition coefficient (Wildman–Crippen LogP) is 1.74. The van der Waals surface area contributed by atoms with Crippen LogP contribution in [0.5, 0.6) is 5.75 Å². The van der Waals surface area contributed by atoms with E-state index in [1.54, 1.807) is 19.2 Å². The first kappa shape index (κ1) is 18.0. The number of Topliss-reactive ketones (excluding diaryl/α,β-unsaturated/α-hetero) is 1. The van der Waals surface area contributed by atoms with E-state index in [9.17, 15) is 9.59 Å². The van der Waals surface area contributed by atoms with Crippen LogP contribution in [0.2, 0.25) is 0 Å². The molecule has 1 amide bonds. The number of nitrogens with two attached hydrogens (primary N) is 1. The van der Waals surface area contributed by atoms with Crippen molar-refractivity contribution < 1.29 is 14.3 Å². The van der Waals surface area contributed by atoms with Crippen molar-refractivity contribution in [3.05, 3.63) is 35.2 Å². The summed E-state index contributed by atoms with van der Waals surface area (Å²) in [6.07, 6.45) is 0.702. The zero-order valence-corrected chi connectivity index (χ0v) is 14.7. The summed E-state index contributed by atoms with van der Waals surface area (Å²) >= 11 is 1.49. The van der Waals surface area contributed by atoms with E-state index in [4.69, 9.17) is 10.5 Å². The Morgan fingerprint density at radius 1 is 1.33 bits per heavy atom. The fourth-order valence-electron chi connectivity index (χ4n) is 2.18. The third-order valence-electron chi connectivity index (χ3n) is 3.56. The van der Waals surface area contributed by atoms with Gasteiger partial charge in [0, 0.05) is 36.8 Å². The average Bonchev–Trinajstić information content (AvgIpc) is 2.90. The normalized spacial score (nSPS) is 10.6. The summed E-state index contributed by atoms with van der Waals surface area (Å²) in [4.78, 5) is 22.4. The van der Waals surface area contributed by atoms with E-state index in [0.29, 0.717) is 23.6 Å². The maximum atomic E-state index is 11.5. The highest BCUT2D eigenvalue weighted by molar-refractivity contribution is 7.98. The molecule has 0 fully saturated rings. The molecule has 2 aromatic rings. The van der Waals surface area contributed by atoms with Gasteiger partial charge in [-0.25, -0.2) is 0 Å². The van der Waals surface area contributed by atoms with Gasteiger partial charge in [0.25, 0.3) is 0 Å². The summed E-state index contributed by atoms with van der Waals surface area (Å²) in [5, 5.41) is 8.95. The van der Waals surface area contributed by atoms with Crippen molar-refractivity contribution in [1.82, 2.24) is 14.8 Å². The number of thioether (sulfide) groups is 1. The van der Waals surface area contributed by atoms with Gasteiger partial charge in [-0.1, -0.05) is 11.8 Å². The molecule has 128 valence electrons. The summed E-state index contributed by atoms with van der Waals surface area (Å²) in [5.41, 5.74) is 6.72. The SMILES string of the molecule is COc1ccc(C(C)=O)cc1CSc1nnc(CCC(N)=O)n1C. The molecule has 0 aliphatic carbocycles. The second-order valence-corrected chi connectivity index (χ2v) is 6.24. The van der Waals surface area contributed by atoms with Crippen molar-refractivity contribution in [3.63, 3.8) is 0 Å². The number of carbonyl (C=O) groups excluding carboxylic acids is 2. The zero-order chi connectivity index (χ0) is 17.7. The number of benzene rings is 1. The Bertz CT molecular complexity index is 758. The molecule has 8 heteroatoms. The van der Waals surface area contributed by atoms with Gasteiger partial charge in [0.15, 0.2) is 10.9 Å². The van der Waals surface area contributed by atoms with Gasteiger partial charge in [0.05, 0.1) is 7.11 Å². The number of amides is 1. The minimum atomic E-state index is -0.363. The molecule has 0 spiro atoms. The maximum absolute atomic E-state index is 11.5. The molecule has 0 aliphatic heterocycles. The molecular formula is C16H20N4O3S. The summed E-state index contributed by atoms with van der Waals surface area (Å²) < 4.78 is 7.19. The van der Waals surface area contributed by atoms with Gasteiger partial charge >= 0.3 is 0 Å². The Morgan fingerprint density at radius 2 is 2.08 bits per heavy atom. The highest BCUT2D eigenvalue weighted by atomic mass is 32.2. The van der Waals surface area contributed by atoms with Gasteiger partial charge < -0.3 is 15.0 Å². The number of primary amides is 1. The van der Waals surface area contributed by atoms with E-state index < -0.39 is 0 Å². The number of rotatable bonds is 8. The largest absolute Gasteiger partial charge is 0.496 e. The van der Waals surface area contributed by atoms with Gasteiger partial charge in [0.2, 0.25) is 5.91 Å². The van der Waals surface area contributed by atoms with Gasteiger partial charge in [-0.2, -0.15) is 0 Å². The Morgan fingerprint density at radius 3 is 2.71 bits per heavy atom. The fraction of sp³-hybridized carbons (Fsp3) is 0.375. The molecule has 0 radical (unpaired) electrons. The van der Waals surface area contributed by atoms with E-state index in [1.165, 1.54) is 18.7 Å². The number of aromatic nitrogens is 3. The smallest absolute Gasteiger partial charge is 0.217 e. The highest BCUT2D eigenvalue weighted by Crippen LogP contribution is 2.28. The van der Waals surface area contributed by atoms with Crippen molar-refractivity contribution in [2.24, 2.45) is 12.8 Å². The molecule has 24 heavy (non-hydrogen) atoms. The van der Waals surface area contributed by atoms with Crippen LogP contribution in [0, 0.1) is 0 Å². The first-order valence-corrected chi connectivity index (χ1v) is 8.38. The molecule has 1 aromatic heterocycles. The summed E-state index contributed by atoms with van der Waals surface area (Å²) in [6.45, 7) is 1.53. The lowest BCUT2D eigenvalue weighted by atomic mass is 10.1. The standard InChI is InChI=1S/C16H20N4O3S/c1-10(21)11-4-5-13(23-3)12(8-11)9-24-16-19-18-15(20(16)2)7-6-14(17)22/h4-5,8H,6-7,9H2,1-3H3,(H2,17,22). The number of hydrogen-bond donors (Lipinski definition) is 1. The second-order valence-electron chi connectivity index (χ2n) is 5.30. The zero-order valence-electron chi connectivity index (χ0n) is 13.9. The third kappa shape index (κ3) is 4.35. The van der Waals surface area contributed by atoms with Gasteiger partial charge in [-0.15, -0.1) is 10.2 Å². The molecular weight excluding hydrogens is 328 g/mol.